The van der Waals surface area contributed by atoms with Gasteiger partial charge in [-0.3, -0.25) is 0 Å². The number of nitrogens with zero attached hydrogens (tertiary/aromatic N) is 3. The molecule has 29 heavy (non-hydrogen) atoms. The minimum atomic E-state index is -0.370. The van der Waals surface area contributed by atoms with Crippen LogP contribution >= 0.6 is 23.2 Å². The second-order valence-corrected chi connectivity index (χ2v) is 7.58. The molecule has 0 bridgehead atoms. The van der Waals surface area contributed by atoms with Gasteiger partial charge < -0.3 is 14.5 Å². The van der Waals surface area contributed by atoms with Gasteiger partial charge in [-0.2, -0.15) is 0 Å². The first kappa shape index (κ1) is 23.0. The summed E-state index contributed by atoms with van der Waals surface area (Å²) in [5, 5.41) is 5.08. The van der Waals surface area contributed by atoms with Crippen molar-refractivity contribution in [3.8, 4) is 5.75 Å². The van der Waals surface area contributed by atoms with Gasteiger partial charge >= 0.3 is 0 Å². The van der Waals surface area contributed by atoms with E-state index < -0.39 is 0 Å². The van der Waals surface area contributed by atoms with E-state index in [0.29, 0.717) is 15.8 Å². The first-order valence-electron chi connectivity index (χ1n) is 9.35. The number of hydrogen-bond acceptors (Lipinski definition) is 4. The van der Waals surface area contributed by atoms with E-state index in [1.807, 2.05) is 57.3 Å². The van der Waals surface area contributed by atoms with Crippen molar-refractivity contribution in [1.82, 2.24) is 4.90 Å². The molecular formula is C22H27Cl2N3O2. The highest BCUT2D eigenvalue weighted by Crippen LogP contribution is 2.30. The number of oxime groups is 1. The molecule has 1 unspecified atom stereocenters. The number of halogens is 2. The predicted molar refractivity (Wildman–Crippen MR) is 122 cm³/mol. The van der Waals surface area contributed by atoms with E-state index in [9.17, 15) is 0 Å². The summed E-state index contributed by atoms with van der Waals surface area (Å²) in [4.78, 5) is 11.6. The Morgan fingerprint density at radius 2 is 1.86 bits per heavy atom. The van der Waals surface area contributed by atoms with Crippen LogP contribution in [-0.2, 0) is 4.84 Å². The average molecular weight is 436 g/mol. The molecule has 2 aromatic carbocycles. The van der Waals surface area contributed by atoms with Crippen molar-refractivity contribution in [1.29, 1.82) is 0 Å². The summed E-state index contributed by atoms with van der Waals surface area (Å²) in [7, 11) is 3.49. The molecule has 1 atom stereocenters. The third-order valence-corrected chi connectivity index (χ3v) is 5.22. The van der Waals surface area contributed by atoms with Crippen LogP contribution in [0.15, 0.2) is 40.5 Å². The summed E-state index contributed by atoms with van der Waals surface area (Å²) < 4.78 is 6.22. The third-order valence-electron chi connectivity index (χ3n) is 4.48. The second kappa shape index (κ2) is 10.5. The molecule has 0 saturated carbocycles. The monoisotopic (exact) mass is 435 g/mol. The van der Waals surface area contributed by atoms with Crippen LogP contribution in [0.25, 0.3) is 0 Å². The SMILES string of the molecule is CCN(C)C=Nc1cc(C)c(OC(C)C(=NOC)c2ccc(Cl)c(Cl)c2)cc1C. The van der Waals surface area contributed by atoms with Crippen molar-refractivity contribution in [3.05, 3.63) is 57.1 Å². The van der Waals surface area contributed by atoms with E-state index in [2.05, 4.69) is 17.1 Å². The molecule has 0 N–H and O–H groups in total. The lowest BCUT2D eigenvalue weighted by Gasteiger charge is -2.19. The minimum absolute atomic E-state index is 0.370. The minimum Gasteiger partial charge on any atom is -0.484 e. The maximum absolute atomic E-state index is 6.22. The summed E-state index contributed by atoms with van der Waals surface area (Å²) in [5.74, 6) is 0.765. The Morgan fingerprint density at radius 3 is 2.48 bits per heavy atom. The molecular weight excluding hydrogens is 409 g/mol. The highest BCUT2D eigenvalue weighted by atomic mass is 35.5. The van der Waals surface area contributed by atoms with Gasteiger partial charge in [-0.25, -0.2) is 4.99 Å². The molecule has 156 valence electrons. The van der Waals surface area contributed by atoms with E-state index in [1.165, 1.54) is 7.11 Å². The van der Waals surface area contributed by atoms with Gasteiger partial charge in [-0.05, 0) is 63.1 Å². The van der Waals surface area contributed by atoms with E-state index in [1.54, 1.807) is 12.1 Å². The Hall–Kier alpha value is -2.24. The van der Waals surface area contributed by atoms with Crippen molar-refractivity contribution in [2.45, 2.75) is 33.8 Å². The van der Waals surface area contributed by atoms with Crippen LogP contribution in [0.5, 0.6) is 5.75 Å². The molecule has 7 heteroatoms. The molecule has 0 fully saturated rings. The van der Waals surface area contributed by atoms with Crippen LogP contribution < -0.4 is 4.74 Å². The van der Waals surface area contributed by atoms with Crippen LogP contribution in [0, 0.1) is 13.8 Å². The maximum atomic E-state index is 6.22. The number of aliphatic imine (C=N–C) groups is 1. The Kier molecular flexibility index (Phi) is 8.35. The van der Waals surface area contributed by atoms with Crippen LogP contribution in [0.1, 0.15) is 30.5 Å². The first-order valence-corrected chi connectivity index (χ1v) is 10.1. The Bertz CT molecular complexity index is 913. The fraction of sp³-hybridized carbons (Fsp3) is 0.364. The molecule has 0 amide bonds. The lowest BCUT2D eigenvalue weighted by Crippen LogP contribution is -2.25. The van der Waals surface area contributed by atoms with E-state index in [4.69, 9.17) is 32.8 Å². The standard InChI is InChI=1S/C22H27Cl2N3O2/c1-7-27(5)13-25-20-10-15(3)21(11-14(20)2)29-16(4)22(26-28-6)17-8-9-18(23)19(24)12-17/h8-13,16H,7H2,1-6H3. The molecule has 5 nitrogen and oxygen atoms in total. The van der Waals surface area contributed by atoms with Gasteiger partial charge in [0.2, 0.25) is 0 Å². The predicted octanol–water partition coefficient (Wildman–Crippen LogP) is 6.04. The molecule has 0 saturated heterocycles. The van der Waals surface area contributed by atoms with Crippen molar-refractivity contribution in [2.24, 2.45) is 10.1 Å². The van der Waals surface area contributed by atoms with Crippen LogP contribution in [-0.4, -0.2) is 43.8 Å². The molecule has 0 aliphatic carbocycles. The number of ether oxygens (including phenoxy) is 1. The van der Waals surface area contributed by atoms with Gasteiger partial charge in [-0.1, -0.05) is 34.4 Å². The Labute approximate surface area is 182 Å². The van der Waals surface area contributed by atoms with Gasteiger partial charge in [0.1, 0.15) is 24.7 Å². The van der Waals surface area contributed by atoms with Gasteiger partial charge in [0.15, 0.2) is 0 Å². The van der Waals surface area contributed by atoms with Crippen LogP contribution in [0.2, 0.25) is 10.0 Å². The number of aryl methyl sites for hydroxylation is 2. The quantitative estimate of drug-likeness (QED) is 0.288. The number of rotatable bonds is 8. The average Bonchev–Trinajstić information content (AvgIpc) is 2.69. The highest BCUT2D eigenvalue weighted by molar-refractivity contribution is 6.42. The molecule has 0 spiro atoms. The van der Waals surface area contributed by atoms with Crippen molar-refractivity contribution < 1.29 is 9.57 Å². The summed E-state index contributed by atoms with van der Waals surface area (Å²) in [5.41, 5.74) is 4.33. The zero-order valence-corrected chi connectivity index (χ0v) is 19.2. The summed E-state index contributed by atoms with van der Waals surface area (Å²) in [6.07, 6.45) is 1.46. The normalized spacial score (nSPS) is 12.9. The smallest absolute Gasteiger partial charge is 0.142 e. The largest absolute Gasteiger partial charge is 0.484 e. The third kappa shape index (κ3) is 6.12. The van der Waals surface area contributed by atoms with Crippen LogP contribution in [0.3, 0.4) is 0 Å². The topological polar surface area (TPSA) is 46.4 Å². The maximum Gasteiger partial charge on any atom is 0.142 e. The lowest BCUT2D eigenvalue weighted by molar-refractivity contribution is 0.204. The number of hydrogen-bond donors (Lipinski definition) is 0. The second-order valence-electron chi connectivity index (χ2n) is 6.77. The molecule has 2 rings (SSSR count). The summed E-state index contributed by atoms with van der Waals surface area (Å²) in [6, 6.07) is 9.33. The summed E-state index contributed by atoms with van der Waals surface area (Å²) >= 11 is 12.2. The van der Waals surface area contributed by atoms with E-state index in [0.717, 1.165) is 34.7 Å². The zero-order valence-electron chi connectivity index (χ0n) is 17.7. The van der Waals surface area contributed by atoms with Gasteiger partial charge in [-0.15, -0.1) is 0 Å². The fourth-order valence-electron chi connectivity index (χ4n) is 2.64. The summed E-state index contributed by atoms with van der Waals surface area (Å²) in [6.45, 7) is 8.90. The Balaban J connectivity index is 2.28. The molecule has 0 aliphatic rings. The number of benzene rings is 2. The van der Waals surface area contributed by atoms with Gasteiger partial charge in [0.05, 0.1) is 22.1 Å². The molecule has 0 aromatic heterocycles. The molecule has 0 radical (unpaired) electrons. The Morgan fingerprint density at radius 1 is 1.14 bits per heavy atom. The molecule has 0 heterocycles. The molecule has 2 aromatic rings. The van der Waals surface area contributed by atoms with Crippen molar-refractivity contribution in [2.75, 3.05) is 20.7 Å². The van der Waals surface area contributed by atoms with E-state index >= 15 is 0 Å². The van der Waals surface area contributed by atoms with E-state index in [-0.39, 0.29) is 6.10 Å². The zero-order chi connectivity index (χ0) is 21.6. The van der Waals surface area contributed by atoms with Crippen molar-refractivity contribution >= 4 is 40.9 Å². The van der Waals surface area contributed by atoms with Gasteiger partial charge in [0, 0.05) is 19.2 Å². The lowest BCUT2D eigenvalue weighted by atomic mass is 10.1. The molecule has 0 aliphatic heterocycles. The highest BCUT2D eigenvalue weighted by Gasteiger charge is 2.18. The van der Waals surface area contributed by atoms with Gasteiger partial charge in [0.25, 0.3) is 0 Å². The fourth-order valence-corrected chi connectivity index (χ4v) is 2.94. The van der Waals surface area contributed by atoms with Crippen molar-refractivity contribution in [3.63, 3.8) is 0 Å². The van der Waals surface area contributed by atoms with Crippen LogP contribution in [0.4, 0.5) is 5.69 Å². The first-order chi connectivity index (χ1) is 13.8.